The number of carbonyl (C=O) groups excluding carboxylic acids is 3. The quantitative estimate of drug-likeness (QED) is 0.340. The maximum absolute atomic E-state index is 12.4. The summed E-state index contributed by atoms with van der Waals surface area (Å²) in [5.74, 6) is -4.70. The zero-order chi connectivity index (χ0) is 20.1. The monoisotopic (exact) mass is 406 g/mol. The zero-order valence-electron chi connectivity index (χ0n) is 15.1. The number of carbonyl (C=O) groups is 3. The summed E-state index contributed by atoms with van der Waals surface area (Å²) in [5, 5.41) is 0. The highest BCUT2D eigenvalue weighted by Gasteiger charge is 2.72. The third-order valence-corrected chi connectivity index (χ3v) is 6.12. The number of hydrogen-bond acceptors (Lipinski definition) is 9. The fourth-order valence-electron chi connectivity index (χ4n) is 3.51. The summed E-state index contributed by atoms with van der Waals surface area (Å²) in [4.78, 5) is 37.0. The first-order chi connectivity index (χ1) is 12.5. The summed E-state index contributed by atoms with van der Waals surface area (Å²) < 4.78 is 51.6. The van der Waals surface area contributed by atoms with E-state index in [-0.39, 0.29) is 0 Å². The first kappa shape index (κ1) is 20.0. The van der Waals surface area contributed by atoms with Crippen molar-refractivity contribution in [1.82, 2.24) is 0 Å². The van der Waals surface area contributed by atoms with E-state index < -0.39 is 82.1 Å². The van der Waals surface area contributed by atoms with E-state index in [1.165, 1.54) is 0 Å². The topological polar surface area (TPSA) is 142 Å². The van der Waals surface area contributed by atoms with E-state index in [2.05, 4.69) is 0 Å². The smallest absolute Gasteiger partial charge is 0.313 e. The Balaban J connectivity index is 1.74. The maximum Gasteiger partial charge on any atom is 0.313 e. The van der Waals surface area contributed by atoms with Gasteiger partial charge in [-0.1, -0.05) is 6.92 Å². The first-order valence-corrected chi connectivity index (χ1v) is 10.3. The Morgan fingerprint density at radius 3 is 2.48 bits per heavy atom. The Bertz CT molecular complexity index is 757. The minimum absolute atomic E-state index is 0.496. The molecule has 6 unspecified atom stereocenters. The van der Waals surface area contributed by atoms with Gasteiger partial charge in [0.2, 0.25) is 0 Å². The van der Waals surface area contributed by atoms with E-state index in [1.807, 2.05) is 6.92 Å². The number of hydrogen-bond donors (Lipinski definition) is 1. The van der Waals surface area contributed by atoms with E-state index in [1.54, 1.807) is 13.8 Å². The normalized spacial score (nSPS) is 34.4. The summed E-state index contributed by atoms with van der Waals surface area (Å²) in [7, 11) is -4.29. The summed E-state index contributed by atoms with van der Waals surface area (Å²) in [6.45, 7) is 4.70. The first-order valence-electron chi connectivity index (χ1n) is 8.65. The van der Waals surface area contributed by atoms with Crippen LogP contribution in [0.3, 0.4) is 0 Å². The Morgan fingerprint density at radius 2 is 1.89 bits per heavy atom. The van der Waals surface area contributed by atoms with Gasteiger partial charge in [-0.15, -0.1) is 0 Å². The average Bonchev–Trinajstić information content (AvgIpc) is 3.16. The molecule has 3 saturated heterocycles. The van der Waals surface area contributed by atoms with E-state index in [0.29, 0.717) is 6.42 Å². The van der Waals surface area contributed by atoms with E-state index in [0.717, 1.165) is 0 Å². The Morgan fingerprint density at radius 1 is 1.22 bits per heavy atom. The predicted octanol–water partition coefficient (Wildman–Crippen LogP) is -0.296. The maximum atomic E-state index is 12.4. The van der Waals surface area contributed by atoms with E-state index >= 15 is 0 Å². The molecule has 27 heavy (non-hydrogen) atoms. The summed E-state index contributed by atoms with van der Waals surface area (Å²) in [6.07, 6.45) is -2.81. The number of ether oxygens (including phenoxy) is 4. The van der Waals surface area contributed by atoms with Crippen molar-refractivity contribution in [3.8, 4) is 0 Å². The molecule has 3 aliphatic rings. The van der Waals surface area contributed by atoms with Crippen LogP contribution in [0.5, 0.6) is 0 Å². The molecule has 0 spiro atoms. The van der Waals surface area contributed by atoms with Gasteiger partial charge in [0.25, 0.3) is 10.1 Å². The van der Waals surface area contributed by atoms with Crippen molar-refractivity contribution in [2.24, 2.45) is 17.3 Å². The standard InChI is InChI=1S/C16H22O10S/c1-4-16(2,3)15(19)26-12-9-7(13(17)23-5-6-27(20,21)22)8-10(24-9)11(12)25-14(8)18/h7-12H,4-6H2,1-3H3,(H,20,21,22). The minimum Gasteiger partial charge on any atom is -0.464 e. The molecular weight excluding hydrogens is 384 g/mol. The highest BCUT2D eigenvalue weighted by atomic mass is 32.2. The summed E-state index contributed by atoms with van der Waals surface area (Å²) >= 11 is 0. The SMILES string of the molecule is CCC(C)(C)C(=O)OC1C2OC(=O)C3C2OC1C3C(=O)OCCS(=O)(=O)O. The third kappa shape index (κ3) is 3.55. The van der Waals surface area contributed by atoms with Crippen LogP contribution in [0.15, 0.2) is 0 Å². The van der Waals surface area contributed by atoms with Crippen molar-refractivity contribution < 1.29 is 46.3 Å². The van der Waals surface area contributed by atoms with Crippen molar-refractivity contribution in [2.45, 2.75) is 51.6 Å². The second kappa shape index (κ2) is 6.71. The van der Waals surface area contributed by atoms with Crippen LogP contribution in [-0.2, 0) is 43.4 Å². The molecule has 10 nitrogen and oxygen atoms in total. The molecule has 6 atom stereocenters. The van der Waals surface area contributed by atoms with Crippen LogP contribution in [0.1, 0.15) is 27.2 Å². The van der Waals surface area contributed by atoms with Gasteiger partial charge in [-0.05, 0) is 20.3 Å². The lowest BCUT2D eigenvalue weighted by Crippen LogP contribution is -2.49. The third-order valence-electron chi connectivity index (χ3n) is 5.44. The van der Waals surface area contributed by atoms with E-state index in [4.69, 9.17) is 23.5 Å². The second-order valence-electron chi connectivity index (χ2n) is 7.58. The van der Waals surface area contributed by atoms with Crippen LogP contribution in [0.2, 0.25) is 0 Å². The van der Waals surface area contributed by atoms with Crippen molar-refractivity contribution in [3.63, 3.8) is 0 Å². The molecule has 3 aliphatic heterocycles. The van der Waals surface area contributed by atoms with Crippen LogP contribution >= 0.6 is 0 Å². The van der Waals surface area contributed by atoms with Crippen LogP contribution in [0.25, 0.3) is 0 Å². The Hall–Kier alpha value is -1.72. The summed E-state index contributed by atoms with van der Waals surface area (Å²) in [6, 6.07) is 0. The van der Waals surface area contributed by atoms with Gasteiger partial charge in [-0.2, -0.15) is 8.42 Å². The van der Waals surface area contributed by atoms with Crippen LogP contribution < -0.4 is 0 Å². The molecule has 0 aromatic carbocycles. The van der Waals surface area contributed by atoms with Crippen molar-refractivity contribution in [3.05, 3.63) is 0 Å². The minimum atomic E-state index is -4.29. The van der Waals surface area contributed by atoms with Gasteiger partial charge >= 0.3 is 17.9 Å². The van der Waals surface area contributed by atoms with Crippen LogP contribution in [0, 0.1) is 17.3 Å². The lowest BCUT2D eigenvalue weighted by molar-refractivity contribution is -0.171. The fraction of sp³-hybridized carbons (Fsp3) is 0.812. The van der Waals surface area contributed by atoms with Gasteiger partial charge < -0.3 is 18.9 Å². The molecule has 1 N–H and O–H groups in total. The van der Waals surface area contributed by atoms with Gasteiger partial charge in [-0.3, -0.25) is 18.9 Å². The Labute approximate surface area is 156 Å². The summed E-state index contributed by atoms with van der Waals surface area (Å²) in [5.41, 5.74) is -0.755. The zero-order valence-corrected chi connectivity index (χ0v) is 15.9. The molecule has 2 bridgehead atoms. The molecule has 0 saturated carbocycles. The van der Waals surface area contributed by atoms with Crippen LogP contribution in [0.4, 0.5) is 0 Å². The lowest BCUT2D eigenvalue weighted by atomic mass is 9.78. The van der Waals surface area contributed by atoms with Crippen molar-refractivity contribution >= 4 is 28.0 Å². The second-order valence-corrected chi connectivity index (χ2v) is 9.15. The molecule has 0 amide bonds. The Kier molecular flexibility index (Phi) is 4.98. The average molecular weight is 406 g/mol. The molecule has 0 aromatic heterocycles. The highest BCUT2D eigenvalue weighted by molar-refractivity contribution is 7.85. The molecule has 0 aliphatic carbocycles. The predicted molar refractivity (Wildman–Crippen MR) is 86.8 cm³/mol. The number of fused-ring (bicyclic) bond motifs is 1. The van der Waals surface area contributed by atoms with Gasteiger partial charge in [0.1, 0.15) is 36.4 Å². The van der Waals surface area contributed by atoms with Crippen molar-refractivity contribution in [1.29, 1.82) is 0 Å². The molecule has 3 fully saturated rings. The van der Waals surface area contributed by atoms with Crippen LogP contribution in [-0.4, -0.2) is 67.7 Å². The van der Waals surface area contributed by atoms with Crippen molar-refractivity contribution in [2.75, 3.05) is 12.4 Å². The molecule has 11 heteroatoms. The van der Waals surface area contributed by atoms with E-state index in [9.17, 15) is 22.8 Å². The van der Waals surface area contributed by atoms with Gasteiger partial charge in [0.15, 0.2) is 12.2 Å². The lowest BCUT2D eigenvalue weighted by Gasteiger charge is -2.30. The van der Waals surface area contributed by atoms with Gasteiger partial charge in [0.05, 0.1) is 5.41 Å². The molecule has 3 heterocycles. The number of rotatable bonds is 7. The number of esters is 3. The molecule has 3 rings (SSSR count). The van der Waals surface area contributed by atoms with Gasteiger partial charge in [0, 0.05) is 0 Å². The van der Waals surface area contributed by atoms with Gasteiger partial charge in [-0.25, -0.2) is 0 Å². The fourth-order valence-corrected chi connectivity index (χ4v) is 3.80. The molecule has 152 valence electrons. The molecule has 0 radical (unpaired) electrons. The largest absolute Gasteiger partial charge is 0.464 e. The molecule has 0 aromatic rings. The highest BCUT2D eigenvalue weighted by Crippen LogP contribution is 2.51. The molecular formula is C16H22O10S.